The van der Waals surface area contributed by atoms with Crippen LogP contribution in [0.4, 0.5) is 0 Å². The lowest BCUT2D eigenvalue weighted by Gasteiger charge is -2.42. The van der Waals surface area contributed by atoms with E-state index < -0.39 is 0 Å². The second-order valence-corrected chi connectivity index (χ2v) is 3.56. The molecule has 0 spiro atoms. The summed E-state index contributed by atoms with van der Waals surface area (Å²) in [5, 5.41) is 8.61. The average molecular weight is 142 g/mol. The Bertz CT molecular complexity index is 149. The summed E-state index contributed by atoms with van der Waals surface area (Å²) >= 11 is 0. The van der Waals surface area contributed by atoms with E-state index in [1.165, 1.54) is 0 Å². The fourth-order valence-electron chi connectivity index (χ4n) is 1.46. The maximum atomic E-state index is 11.0. The fraction of sp³-hybridized carbons (Fsp3) is 0.875. The van der Waals surface area contributed by atoms with Crippen LogP contribution in [0.2, 0.25) is 0 Å². The Labute approximate surface area is 61.2 Å². The summed E-state index contributed by atoms with van der Waals surface area (Å²) < 4.78 is 0. The van der Waals surface area contributed by atoms with Crippen molar-refractivity contribution < 1.29 is 9.90 Å². The molecule has 0 aromatic carbocycles. The highest BCUT2D eigenvalue weighted by Gasteiger charge is 2.46. The quantitative estimate of drug-likeness (QED) is 0.624. The van der Waals surface area contributed by atoms with Gasteiger partial charge in [-0.25, -0.2) is 0 Å². The number of ketones is 1. The zero-order valence-electron chi connectivity index (χ0n) is 6.55. The molecule has 10 heavy (non-hydrogen) atoms. The molecule has 1 atom stereocenters. The second kappa shape index (κ2) is 2.35. The molecule has 1 rings (SSSR count). The van der Waals surface area contributed by atoms with Crippen LogP contribution in [-0.4, -0.2) is 17.5 Å². The molecule has 58 valence electrons. The Morgan fingerprint density at radius 2 is 2.30 bits per heavy atom. The van der Waals surface area contributed by atoms with E-state index in [0.29, 0.717) is 18.1 Å². The van der Waals surface area contributed by atoms with E-state index in [2.05, 4.69) is 0 Å². The van der Waals surface area contributed by atoms with Crippen LogP contribution in [0.1, 0.15) is 26.7 Å². The van der Waals surface area contributed by atoms with Crippen LogP contribution < -0.4 is 0 Å². The summed E-state index contributed by atoms with van der Waals surface area (Å²) in [6.07, 6.45) is 1.45. The zero-order valence-corrected chi connectivity index (χ0v) is 6.55. The number of hydrogen-bond acceptors (Lipinski definition) is 2. The Balaban J connectivity index is 2.46. The molecular formula is C8H14O2. The fourth-order valence-corrected chi connectivity index (χ4v) is 1.46. The van der Waals surface area contributed by atoms with E-state index in [9.17, 15) is 4.79 Å². The van der Waals surface area contributed by atoms with Crippen molar-refractivity contribution in [3.63, 3.8) is 0 Å². The third-order valence-electron chi connectivity index (χ3n) is 2.65. The molecule has 0 saturated heterocycles. The molecule has 1 fully saturated rings. The molecule has 0 radical (unpaired) electrons. The smallest absolute Gasteiger partial charge is 0.139 e. The minimum Gasteiger partial charge on any atom is -0.396 e. The first-order valence-electron chi connectivity index (χ1n) is 3.73. The van der Waals surface area contributed by atoms with E-state index in [0.717, 1.165) is 6.42 Å². The van der Waals surface area contributed by atoms with Gasteiger partial charge in [0.25, 0.3) is 0 Å². The Morgan fingerprint density at radius 3 is 2.60 bits per heavy atom. The summed E-state index contributed by atoms with van der Waals surface area (Å²) in [5.74, 6) is 0.760. The topological polar surface area (TPSA) is 37.3 Å². The number of rotatable bonds is 2. The molecule has 2 heteroatoms. The van der Waals surface area contributed by atoms with Gasteiger partial charge < -0.3 is 5.11 Å². The van der Waals surface area contributed by atoms with Crippen molar-refractivity contribution in [1.29, 1.82) is 0 Å². The predicted octanol–water partition coefficient (Wildman–Crippen LogP) is 0.984. The van der Waals surface area contributed by atoms with E-state index in [4.69, 9.17) is 5.11 Å². The maximum absolute atomic E-state index is 11.0. The Morgan fingerprint density at radius 1 is 1.70 bits per heavy atom. The third kappa shape index (κ3) is 0.966. The number of aliphatic hydroxyl groups excluding tert-OH is 1. The van der Waals surface area contributed by atoms with E-state index in [1.807, 2.05) is 13.8 Å². The van der Waals surface area contributed by atoms with Gasteiger partial charge in [-0.2, -0.15) is 0 Å². The molecule has 1 aliphatic carbocycles. The van der Waals surface area contributed by atoms with E-state index in [1.54, 1.807) is 0 Å². The van der Waals surface area contributed by atoms with Gasteiger partial charge in [-0.3, -0.25) is 4.79 Å². The van der Waals surface area contributed by atoms with Crippen molar-refractivity contribution in [3.05, 3.63) is 0 Å². The molecule has 1 aliphatic rings. The summed E-state index contributed by atoms with van der Waals surface area (Å²) in [5.41, 5.74) is -0.150. The van der Waals surface area contributed by atoms with Crippen molar-refractivity contribution in [1.82, 2.24) is 0 Å². The molecule has 1 N–H and O–H groups in total. The van der Waals surface area contributed by atoms with Gasteiger partial charge in [-0.1, -0.05) is 13.8 Å². The highest BCUT2D eigenvalue weighted by atomic mass is 16.3. The van der Waals surface area contributed by atoms with Crippen LogP contribution in [0.5, 0.6) is 0 Å². The molecule has 0 aliphatic heterocycles. The number of aliphatic hydroxyl groups is 1. The molecule has 0 heterocycles. The molecule has 0 aromatic heterocycles. The number of carbonyl (C=O) groups excluding carboxylic acids is 1. The molecule has 1 unspecified atom stereocenters. The van der Waals surface area contributed by atoms with E-state index in [-0.39, 0.29) is 12.0 Å². The van der Waals surface area contributed by atoms with E-state index >= 15 is 0 Å². The molecular weight excluding hydrogens is 128 g/mol. The van der Waals surface area contributed by atoms with Crippen molar-refractivity contribution in [2.24, 2.45) is 11.3 Å². The molecule has 0 bridgehead atoms. The minimum atomic E-state index is -0.150. The van der Waals surface area contributed by atoms with Crippen LogP contribution in [0.25, 0.3) is 0 Å². The van der Waals surface area contributed by atoms with Crippen molar-refractivity contribution in [2.75, 3.05) is 6.61 Å². The van der Waals surface area contributed by atoms with Gasteiger partial charge >= 0.3 is 0 Å². The van der Waals surface area contributed by atoms with Crippen molar-refractivity contribution >= 4 is 5.78 Å². The third-order valence-corrected chi connectivity index (χ3v) is 2.65. The SMILES string of the molecule is CC1(C)C(=O)CC1CCO. The molecule has 1 saturated carbocycles. The van der Waals surface area contributed by atoms with Gasteiger partial charge in [0.15, 0.2) is 0 Å². The van der Waals surface area contributed by atoms with Crippen molar-refractivity contribution in [3.8, 4) is 0 Å². The van der Waals surface area contributed by atoms with Gasteiger partial charge in [-0.05, 0) is 12.3 Å². The maximum Gasteiger partial charge on any atom is 0.139 e. The van der Waals surface area contributed by atoms with Gasteiger partial charge in [0.05, 0.1) is 0 Å². The zero-order chi connectivity index (χ0) is 7.78. The Hall–Kier alpha value is -0.370. The lowest BCUT2D eigenvalue weighted by Crippen LogP contribution is -2.45. The van der Waals surface area contributed by atoms with Gasteiger partial charge in [0.1, 0.15) is 5.78 Å². The van der Waals surface area contributed by atoms with Gasteiger partial charge in [0.2, 0.25) is 0 Å². The summed E-state index contributed by atoms with van der Waals surface area (Å²) in [6.45, 7) is 4.12. The Kier molecular flexibility index (Phi) is 1.82. The first-order valence-corrected chi connectivity index (χ1v) is 3.73. The summed E-state index contributed by atoms with van der Waals surface area (Å²) in [7, 11) is 0. The first-order chi connectivity index (χ1) is 4.59. The first kappa shape index (κ1) is 7.73. The summed E-state index contributed by atoms with van der Waals surface area (Å²) in [6, 6.07) is 0. The van der Waals surface area contributed by atoms with Crippen molar-refractivity contribution in [2.45, 2.75) is 26.7 Å². The number of hydrogen-bond donors (Lipinski definition) is 1. The van der Waals surface area contributed by atoms with Gasteiger partial charge in [0, 0.05) is 18.4 Å². The standard InChI is InChI=1S/C8H14O2/c1-8(2)6(3-4-9)5-7(8)10/h6,9H,3-5H2,1-2H3. The average Bonchev–Trinajstić information content (AvgIpc) is 1.88. The van der Waals surface area contributed by atoms with Crippen LogP contribution in [-0.2, 0) is 4.79 Å². The molecule has 2 nitrogen and oxygen atoms in total. The second-order valence-electron chi connectivity index (χ2n) is 3.56. The molecule has 0 amide bonds. The van der Waals surface area contributed by atoms with Gasteiger partial charge in [-0.15, -0.1) is 0 Å². The number of Topliss-reactive ketones (excluding diaryl/α,β-unsaturated/α-hetero) is 1. The minimum absolute atomic E-state index is 0.150. The highest BCUT2D eigenvalue weighted by molar-refractivity contribution is 5.90. The van der Waals surface area contributed by atoms with Crippen LogP contribution >= 0.6 is 0 Å². The monoisotopic (exact) mass is 142 g/mol. The largest absolute Gasteiger partial charge is 0.396 e. The lowest BCUT2D eigenvalue weighted by atomic mass is 9.60. The predicted molar refractivity (Wildman–Crippen MR) is 38.6 cm³/mol. The highest BCUT2D eigenvalue weighted by Crippen LogP contribution is 2.44. The number of carbonyl (C=O) groups is 1. The molecule has 0 aromatic rings. The van der Waals surface area contributed by atoms with Crippen LogP contribution in [0, 0.1) is 11.3 Å². The lowest BCUT2D eigenvalue weighted by molar-refractivity contribution is -0.143. The summed E-state index contributed by atoms with van der Waals surface area (Å²) in [4.78, 5) is 11.0. The van der Waals surface area contributed by atoms with Crippen LogP contribution in [0.3, 0.4) is 0 Å². The van der Waals surface area contributed by atoms with Crippen LogP contribution in [0.15, 0.2) is 0 Å². The normalized spacial score (nSPS) is 29.9.